The smallest absolute Gasteiger partial charge is 0.258 e. The Morgan fingerprint density at radius 1 is 1.34 bits per heavy atom. The van der Waals surface area contributed by atoms with Gasteiger partial charge in [0.2, 0.25) is 0 Å². The third-order valence-corrected chi connectivity index (χ3v) is 6.73. The van der Waals surface area contributed by atoms with E-state index in [1.165, 1.54) is 0 Å². The van der Waals surface area contributed by atoms with Gasteiger partial charge in [-0.3, -0.25) is 4.79 Å². The SMILES string of the molecule is C=C1OCc2c(cc3n(c2=O)Cc2cc4c(CN(C)C)c(O)ccc4nc2-3)[C@]1(CC)OC. The summed E-state index contributed by atoms with van der Waals surface area (Å²) < 4.78 is 13.4. The highest BCUT2D eigenvalue weighted by Gasteiger charge is 2.43. The number of aromatic hydroxyl groups is 1. The van der Waals surface area contributed by atoms with Crippen LogP contribution in [0.2, 0.25) is 0 Å². The van der Waals surface area contributed by atoms with Crippen LogP contribution in [0.1, 0.15) is 35.6 Å². The molecule has 0 aliphatic carbocycles. The number of benzene rings is 1. The highest BCUT2D eigenvalue weighted by Crippen LogP contribution is 2.44. The third kappa shape index (κ3) is 2.74. The van der Waals surface area contributed by atoms with Crippen LogP contribution in [0.3, 0.4) is 0 Å². The van der Waals surface area contributed by atoms with E-state index in [0.717, 1.165) is 39.0 Å². The van der Waals surface area contributed by atoms with Gasteiger partial charge in [0.25, 0.3) is 5.56 Å². The molecule has 2 aromatic heterocycles. The van der Waals surface area contributed by atoms with E-state index in [2.05, 4.69) is 12.6 Å². The van der Waals surface area contributed by atoms with Crippen molar-refractivity contribution in [2.75, 3.05) is 21.2 Å². The first-order valence-electron chi connectivity index (χ1n) is 10.7. The quantitative estimate of drug-likeness (QED) is 0.531. The van der Waals surface area contributed by atoms with E-state index in [1.54, 1.807) is 17.7 Å². The molecule has 7 heteroatoms. The summed E-state index contributed by atoms with van der Waals surface area (Å²) in [6, 6.07) is 7.58. The maximum absolute atomic E-state index is 13.5. The van der Waals surface area contributed by atoms with Crippen LogP contribution in [-0.2, 0) is 34.8 Å². The number of hydrogen-bond acceptors (Lipinski definition) is 6. The summed E-state index contributed by atoms with van der Waals surface area (Å²) in [5, 5.41) is 11.4. The van der Waals surface area contributed by atoms with Gasteiger partial charge >= 0.3 is 0 Å². The number of fused-ring (bicyclic) bond motifs is 5. The second-order valence-corrected chi connectivity index (χ2v) is 8.77. The summed E-state index contributed by atoms with van der Waals surface area (Å²) in [6.45, 7) is 7.27. The Labute approximate surface area is 186 Å². The van der Waals surface area contributed by atoms with Crippen LogP contribution >= 0.6 is 0 Å². The van der Waals surface area contributed by atoms with E-state index in [1.807, 2.05) is 38.1 Å². The molecule has 5 rings (SSSR count). The zero-order chi connectivity index (χ0) is 22.8. The Balaban J connectivity index is 1.75. The molecular weight excluding hydrogens is 406 g/mol. The Kier molecular flexibility index (Phi) is 4.65. The van der Waals surface area contributed by atoms with Crippen molar-refractivity contribution in [1.29, 1.82) is 0 Å². The molecule has 2 aliphatic rings. The van der Waals surface area contributed by atoms with Crippen LogP contribution in [0.5, 0.6) is 5.75 Å². The number of rotatable bonds is 4. The minimum atomic E-state index is -0.855. The fraction of sp³-hybridized carbons (Fsp3) is 0.360. The molecular formula is C25H27N3O4. The summed E-state index contributed by atoms with van der Waals surface area (Å²) in [4.78, 5) is 20.4. The predicted molar refractivity (Wildman–Crippen MR) is 123 cm³/mol. The molecule has 0 saturated heterocycles. The molecule has 0 fully saturated rings. The van der Waals surface area contributed by atoms with Crippen molar-refractivity contribution in [3.8, 4) is 17.1 Å². The molecule has 1 N–H and O–H groups in total. The van der Waals surface area contributed by atoms with Crippen LogP contribution in [0.25, 0.3) is 22.3 Å². The number of hydrogen-bond donors (Lipinski definition) is 1. The molecule has 0 spiro atoms. The first-order valence-corrected chi connectivity index (χ1v) is 10.7. The zero-order valence-electron chi connectivity index (χ0n) is 18.9. The largest absolute Gasteiger partial charge is 0.508 e. The summed E-state index contributed by atoms with van der Waals surface area (Å²) in [6.07, 6.45) is 0.601. The van der Waals surface area contributed by atoms with Gasteiger partial charge in [0.1, 0.15) is 23.7 Å². The number of pyridine rings is 2. The fourth-order valence-corrected chi connectivity index (χ4v) is 5.05. The minimum Gasteiger partial charge on any atom is -0.508 e. The number of phenols is 1. The second-order valence-electron chi connectivity index (χ2n) is 8.77. The molecule has 0 bridgehead atoms. The summed E-state index contributed by atoms with van der Waals surface area (Å²) in [5.41, 5.74) is 4.62. The summed E-state index contributed by atoms with van der Waals surface area (Å²) in [5.74, 6) is 0.771. The van der Waals surface area contributed by atoms with Gasteiger partial charge in [0.15, 0.2) is 0 Å². The molecule has 7 nitrogen and oxygen atoms in total. The number of methoxy groups -OCH3 is 1. The molecule has 1 atom stereocenters. The molecule has 3 aromatic rings. The fourth-order valence-electron chi connectivity index (χ4n) is 5.05. The van der Waals surface area contributed by atoms with Crippen molar-refractivity contribution in [3.05, 3.63) is 69.2 Å². The van der Waals surface area contributed by atoms with Crippen molar-refractivity contribution in [2.45, 2.75) is 38.6 Å². The lowest BCUT2D eigenvalue weighted by Gasteiger charge is -2.38. The average molecular weight is 434 g/mol. The van der Waals surface area contributed by atoms with Gasteiger partial charge in [-0.05, 0) is 44.8 Å². The Morgan fingerprint density at radius 3 is 2.81 bits per heavy atom. The van der Waals surface area contributed by atoms with E-state index in [9.17, 15) is 9.90 Å². The molecule has 0 radical (unpaired) electrons. The lowest BCUT2D eigenvalue weighted by atomic mass is 9.84. The Morgan fingerprint density at radius 2 is 2.12 bits per heavy atom. The predicted octanol–water partition coefficient (Wildman–Crippen LogP) is 3.49. The van der Waals surface area contributed by atoms with Crippen molar-refractivity contribution in [3.63, 3.8) is 0 Å². The Hall–Kier alpha value is -3.16. The summed E-state index contributed by atoms with van der Waals surface area (Å²) >= 11 is 0. The van der Waals surface area contributed by atoms with Gasteiger partial charge in [-0.1, -0.05) is 13.5 Å². The average Bonchev–Trinajstić information content (AvgIpc) is 3.13. The topological polar surface area (TPSA) is 76.8 Å². The standard InChI is InChI=1S/C25H27N3O4/c1-6-25(31-5)14(2)32-13-18-19(25)10-21-23-15(11-28(21)24(18)30)9-16-17(12-27(3)4)22(29)8-7-20(16)26-23/h7-10,29H,2,6,11-13H2,1,3-5H3/t25-/m1/s1. The lowest BCUT2D eigenvalue weighted by Crippen LogP contribution is -2.40. The molecule has 1 aromatic carbocycles. The summed E-state index contributed by atoms with van der Waals surface area (Å²) in [7, 11) is 5.55. The van der Waals surface area contributed by atoms with Crippen LogP contribution in [0, 0.1) is 0 Å². The first kappa shape index (κ1) is 20.7. The van der Waals surface area contributed by atoms with Crippen LogP contribution < -0.4 is 5.56 Å². The molecule has 0 unspecified atom stereocenters. The van der Waals surface area contributed by atoms with Crippen LogP contribution in [0.4, 0.5) is 0 Å². The second kappa shape index (κ2) is 7.18. The molecule has 0 saturated carbocycles. The van der Waals surface area contributed by atoms with E-state index < -0.39 is 5.60 Å². The number of phenolic OH excluding ortho intramolecular Hbond substituents is 1. The first-order chi connectivity index (χ1) is 15.3. The number of aromatic nitrogens is 2. The van der Waals surface area contributed by atoms with Crippen LogP contribution in [-0.4, -0.2) is 40.8 Å². The van der Waals surface area contributed by atoms with Gasteiger partial charge in [-0.25, -0.2) is 4.98 Å². The maximum atomic E-state index is 13.5. The highest BCUT2D eigenvalue weighted by molar-refractivity contribution is 5.88. The molecule has 166 valence electrons. The van der Waals surface area contributed by atoms with Crippen molar-refractivity contribution in [1.82, 2.24) is 14.5 Å². The van der Waals surface area contributed by atoms with Crippen LogP contribution in [0.15, 0.2) is 41.4 Å². The van der Waals surface area contributed by atoms with E-state index in [-0.39, 0.29) is 17.9 Å². The third-order valence-electron chi connectivity index (χ3n) is 6.73. The number of nitrogens with zero attached hydrogens (tertiary/aromatic N) is 3. The van der Waals surface area contributed by atoms with E-state index >= 15 is 0 Å². The maximum Gasteiger partial charge on any atom is 0.258 e. The van der Waals surface area contributed by atoms with Gasteiger partial charge in [-0.2, -0.15) is 0 Å². The van der Waals surface area contributed by atoms with Crippen molar-refractivity contribution in [2.24, 2.45) is 0 Å². The molecule has 4 heterocycles. The minimum absolute atomic E-state index is 0.0849. The number of ether oxygens (including phenoxy) is 2. The van der Waals surface area contributed by atoms with Gasteiger partial charge in [0.05, 0.1) is 29.0 Å². The van der Waals surface area contributed by atoms with Crippen molar-refractivity contribution >= 4 is 10.9 Å². The van der Waals surface area contributed by atoms with Crippen molar-refractivity contribution < 1.29 is 14.6 Å². The monoisotopic (exact) mass is 433 g/mol. The zero-order valence-corrected chi connectivity index (χ0v) is 18.9. The van der Waals surface area contributed by atoms with Gasteiger partial charge in [0, 0.05) is 35.7 Å². The Bertz CT molecular complexity index is 1340. The van der Waals surface area contributed by atoms with Gasteiger partial charge < -0.3 is 24.0 Å². The molecule has 2 aliphatic heterocycles. The molecule has 32 heavy (non-hydrogen) atoms. The van der Waals surface area contributed by atoms with E-state index in [4.69, 9.17) is 14.5 Å². The normalized spacial score (nSPS) is 19.1. The van der Waals surface area contributed by atoms with Gasteiger partial charge in [-0.15, -0.1) is 0 Å². The molecule has 0 amide bonds. The highest BCUT2D eigenvalue weighted by atomic mass is 16.5. The lowest BCUT2D eigenvalue weighted by molar-refractivity contribution is -0.0511. The van der Waals surface area contributed by atoms with E-state index in [0.29, 0.717) is 30.8 Å².